The maximum absolute atomic E-state index is 12.9. The minimum atomic E-state index is -0.736. The molecule has 1 aromatic rings. The van der Waals surface area contributed by atoms with Gasteiger partial charge < -0.3 is 0 Å². The van der Waals surface area contributed by atoms with Gasteiger partial charge in [0.15, 0.2) is 11.6 Å². The summed E-state index contributed by atoms with van der Waals surface area (Å²) in [5.41, 5.74) is 1.14. The van der Waals surface area contributed by atoms with E-state index in [-0.39, 0.29) is 0 Å². The molecular weight excluding hydrogens is 261 g/mol. The standard InChI is InChI=1S/C8H7F2I/c1-4-3-5(2)8(11)7(10)6(4)9/h3H,1-2H3. The smallest absolute Gasteiger partial charge is 0.172 e. The zero-order chi connectivity index (χ0) is 8.59. The lowest BCUT2D eigenvalue weighted by Crippen LogP contribution is -1.95. The molecule has 11 heavy (non-hydrogen) atoms. The number of benzene rings is 1. The van der Waals surface area contributed by atoms with Crippen LogP contribution in [0.3, 0.4) is 0 Å². The maximum Gasteiger partial charge on any atom is 0.172 e. The second kappa shape index (κ2) is 3.05. The molecule has 0 aliphatic rings. The summed E-state index contributed by atoms with van der Waals surface area (Å²) in [5, 5.41) is 0. The molecule has 1 aromatic carbocycles. The van der Waals surface area contributed by atoms with E-state index in [9.17, 15) is 8.78 Å². The highest BCUT2D eigenvalue weighted by Gasteiger charge is 2.11. The summed E-state index contributed by atoms with van der Waals surface area (Å²) >= 11 is 1.80. The van der Waals surface area contributed by atoms with Crippen molar-refractivity contribution in [1.29, 1.82) is 0 Å². The van der Waals surface area contributed by atoms with E-state index in [1.165, 1.54) is 0 Å². The summed E-state index contributed by atoms with van der Waals surface area (Å²) in [6.07, 6.45) is 0. The second-order valence-corrected chi connectivity index (χ2v) is 3.53. The SMILES string of the molecule is Cc1cc(C)c(I)c(F)c1F. The van der Waals surface area contributed by atoms with Gasteiger partial charge >= 0.3 is 0 Å². The lowest BCUT2D eigenvalue weighted by Gasteiger charge is -2.03. The van der Waals surface area contributed by atoms with Gasteiger partial charge in [0.05, 0.1) is 3.57 Å². The average Bonchev–Trinajstić information content (AvgIpc) is 1.97. The number of rotatable bonds is 0. The monoisotopic (exact) mass is 268 g/mol. The van der Waals surface area contributed by atoms with E-state index in [4.69, 9.17) is 0 Å². The van der Waals surface area contributed by atoms with Crippen LogP contribution >= 0.6 is 22.6 Å². The lowest BCUT2D eigenvalue weighted by molar-refractivity contribution is 0.497. The molecule has 60 valence electrons. The van der Waals surface area contributed by atoms with Crippen LogP contribution in [-0.4, -0.2) is 0 Å². The predicted octanol–water partition coefficient (Wildman–Crippen LogP) is 3.19. The van der Waals surface area contributed by atoms with Gasteiger partial charge in [-0.1, -0.05) is 6.07 Å². The normalized spacial score (nSPS) is 10.3. The van der Waals surface area contributed by atoms with E-state index < -0.39 is 11.6 Å². The van der Waals surface area contributed by atoms with Crippen molar-refractivity contribution in [2.45, 2.75) is 13.8 Å². The topological polar surface area (TPSA) is 0 Å². The number of hydrogen-bond donors (Lipinski definition) is 0. The molecular formula is C8H7F2I. The van der Waals surface area contributed by atoms with Crippen LogP contribution in [0, 0.1) is 29.1 Å². The Labute approximate surface area is 77.8 Å². The molecule has 0 aromatic heterocycles. The van der Waals surface area contributed by atoms with Crippen LogP contribution in [0.25, 0.3) is 0 Å². The zero-order valence-electron chi connectivity index (χ0n) is 6.21. The molecule has 1 rings (SSSR count). The molecule has 0 aliphatic carbocycles. The largest absolute Gasteiger partial charge is 0.203 e. The predicted molar refractivity (Wildman–Crippen MR) is 48.5 cm³/mol. The summed E-state index contributed by atoms with van der Waals surface area (Å²) in [6, 6.07) is 1.64. The number of hydrogen-bond acceptors (Lipinski definition) is 0. The van der Waals surface area contributed by atoms with Crippen LogP contribution in [0.2, 0.25) is 0 Å². The summed E-state index contributed by atoms with van der Waals surface area (Å²) in [5.74, 6) is -1.47. The molecule has 0 unspecified atom stereocenters. The third kappa shape index (κ3) is 1.52. The highest BCUT2D eigenvalue weighted by molar-refractivity contribution is 14.1. The van der Waals surface area contributed by atoms with E-state index in [1.807, 2.05) is 0 Å². The Morgan fingerprint density at radius 1 is 1.09 bits per heavy atom. The minimum Gasteiger partial charge on any atom is -0.203 e. The van der Waals surface area contributed by atoms with Gasteiger partial charge in [-0.3, -0.25) is 0 Å². The van der Waals surface area contributed by atoms with Gasteiger partial charge in [-0.25, -0.2) is 8.78 Å². The Morgan fingerprint density at radius 2 is 1.64 bits per heavy atom. The van der Waals surface area contributed by atoms with E-state index >= 15 is 0 Å². The summed E-state index contributed by atoms with van der Waals surface area (Å²) in [4.78, 5) is 0. The quantitative estimate of drug-likeness (QED) is 0.500. The first-order chi connectivity index (χ1) is 5.04. The first-order valence-electron chi connectivity index (χ1n) is 3.14. The average molecular weight is 268 g/mol. The maximum atomic E-state index is 12.9. The Kier molecular flexibility index (Phi) is 2.47. The van der Waals surface area contributed by atoms with Crippen LogP contribution in [0.1, 0.15) is 11.1 Å². The van der Waals surface area contributed by atoms with Crippen LogP contribution in [0.4, 0.5) is 8.78 Å². The Morgan fingerprint density at radius 3 is 2.18 bits per heavy atom. The van der Waals surface area contributed by atoms with Crippen molar-refractivity contribution in [3.8, 4) is 0 Å². The fraction of sp³-hybridized carbons (Fsp3) is 0.250. The third-order valence-electron chi connectivity index (χ3n) is 1.51. The first-order valence-corrected chi connectivity index (χ1v) is 4.22. The van der Waals surface area contributed by atoms with Gasteiger partial charge in [0, 0.05) is 0 Å². The van der Waals surface area contributed by atoms with Crippen LogP contribution < -0.4 is 0 Å². The van der Waals surface area contributed by atoms with E-state index in [1.54, 1.807) is 42.5 Å². The number of aryl methyl sites for hydroxylation is 2. The van der Waals surface area contributed by atoms with Gasteiger partial charge in [0.2, 0.25) is 0 Å². The molecule has 0 spiro atoms. The molecule has 0 bridgehead atoms. The molecule has 0 saturated carbocycles. The Hall–Kier alpha value is -0.190. The van der Waals surface area contributed by atoms with Crippen LogP contribution in [0.5, 0.6) is 0 Å². The van der Waals surface area contributed by atoms with Crippen molar-refractivity contribution in [2.75, 3.05) is 0 Å². The van der Waals surface area contributed by atoms with E-state index in [0.29, 0.717) is 9.13 Å². The molecule has 0 atom stereocenters. The molecule has 0 heterocycles. The summed E-state index contributed by atoms with van der Waals surface area (Å²) < 4.78 is 26.0. The van der Waals surface area contributed by atoms with Gasteiger partial charge in [0.25, 0.3) is 0 Å². The second-order valence-electron chi connectivity index (χ2n) is 2.45. The highest BCUT2D eigenvalue weighted by atomic mass is 127. The Balaban J connectivity index is 3.46. The van der Waals surface area contributed by atoms with Crippen molar-refractivity contribution in [1.82, 2.24) is 0 Å². The van der Waals surface area contributed by atoms with Crippen molar-refractivity contribution >= 4 is 22.6 Å². The van der Waals surface area contributed by atoms with Gasteiger partial charge in [0.1, 0.15) is 0 Å². The molecule has 0 radical (unpaired) electrons. The van der Waals surface area contributed by atoms with Crippen LogP contribution in [-0.2, 0) is 0 Å². The van der Waals surface area contributed by atoms with Gasteiger partial charge in [-0.15, -0.1) is 0 Å². The molecule has 0 aliphatic heterocycles. The summed E-state index contributed by atoms with van der Waals surface area (Å²) in [7, 11) is 0. The minimum absolute atomic E-state index is 0.361. The lowest BCUT2D eigenvalue weighted by atomic mass is 10.1. The van der Waals surface area contributed by atoms with Crippen molar-refractivity contribution < 1.29 is 8.78 Å². The molecule has 0 N–H and O–H groups in total. The van der Waals surface area contributed by atoms with Gasteiger partial charge in [-0.2, -0.15) is 0 Å². The fourth-order valence-electron chi connectivity index (χ4n) is 0.894. The van der Waals surface area contributed by atoms with E-state index in [0.717, 1.165) is 5.56 Å². The molecule has 0 nitrogen and oxygen atoms in total. The van der Waals surface area contributed by atoms with Crippen LogP contribution in [0.15, 0.2) is 6.07 Å². The van der Waals surface area contributed by atoms with Crippen molar-refractivity contribution in [3.05, 3.63) is 32.4 Å². The molecule has 0 saturated heterocycles. The molecule has 0 fully saturated rings. The molecule has 0 amide bonds. The fourth-order valence-corrected chi connectivity index (χ4v) is 1.29. The Bertz CT molecular complexity index is 268. The highest BCUT2D eigenvalue weighted by Crippen LogP contribution is 2.21. The molecule has 3 heteroatoms. The van der Waals surface area contributed by atoms with E-state index in [2.05, 4.69) is 0 Å². The first kappa shape index (κ1) is 8.90. The van der Waals surface area contributed by atoms with Crippen molar-refractivity contribution in [3.63, 3.8) is 0 Å². The van der Waals surface area contributed by atoms with Gasteiger partial charge in [-0.05, 0) is 47.6 Å². The summed E-state index contributed by atoms with van der Waals surface area (Å²) in [6.45, 7) is 3.32. The zero-order valence-corrected chi connectivity index (χ0v) is 8.37. The number of halogens is 3. The third-order valence-corrected chi connectivity index (χ3v) is 2.84. The van der Waals surface area contributed by atoms with Crippen molar-refractivity contribution in [2.24, 2.45) is 0 Å².